The largest absolute Gasteiger partial charge is 0.534 e. The zero-order chi connectivity index (χ0) is 24.3. The Morgan fingerprint density at radius 1 is 0.969 bits per heavy atom. The average Bonchev–Trinajstić information content (AvgIpc) is 2.68. The third kappa shape index (κ3) is 3.39. The predicted octanol–water partition coefficient (Wildman–Crippen LogP) is 1.37. The molecular formula is C18H15F4N3O6S. The molecule has 0 amide bonds. The molecule has 0 bridgehead atoms. The second-order valence-corrected chi connectivity index (χ2v) is 8.47. The van der Waals surface area contributed by atoms with Crippen LogP contribution >= 0.6 is 0 Å². The highest BCUT2D eigenvalue weighted by atomic mass is 32.2. The number of rotatable bonds is 3. The summed E-state index contributed by atoms with van der Waals surface area (Å²) in [6.45, 7) is 2.51. The Morgan fingerprint density at radius 2 is 1.56 bits per heavy atom. The van der Waals surface area contributed by atoms with Crippen molar-refractivity contribution in [1.29, 1.82) is 0 Å². The molecule has 2 aromatic heterocycles. The van der Waals surface area contributed by atoms with Crippen LogP contribution in [0.2, 0.25) is 0 Å². The number of aryl methyl sites for hydroxylation is 2. The molecular weight excluding hydrogens is 462 g/mol. The van der Waals surface area contributed by atoms with Gasteiger partial charge in [0.15, 0.2) is 5.75 Å². The summed E-state index contributed by atoms with van der Waals surface area (Å²) in [7, 11) is -4.25. The van der Waals surface area contributed by atoms with Gasteiger partial charge in [-0.1, -0.05) is 6.07 Å². The summed E-state index contributed by atoms with van der Waals surface area (Å²) in [6.07, 6.45) is 0. The first-order chi connectivity index (χ1) is 14.6. The van der Waals surface area contributed by atoms with Gasteiger partial charge in [0.2, 0.25) is 0 Å². The number of aromatic nitrogens is 3. The van der Waals surface area contributed by atoms with E-state index in [1.54, 1.807) is 6.92 Å². The van der Waals surface area contributed by atoms with E-state index in [-0.39, 0.29) is 0 Å². The lowest BCUT2D eigenvalue weighted by molar-refractivity contribution is -0.0499. The zero-order valence-electron chi connectivity index (χ0n) is 16.9. The minimum absolute atomic E-state index is 0.426. The highest BCUT2D eigenvalue weighted by Crippen LogP contribution is 2.32. The molecule has 0 aliphatic heterocycles. The van der Waals surface area contributed by atoms with E-state index < -0.39 is 66.3 Å². The lowest BCUT2D eigenvalue weighted by atomic mass is 10.2. The van der Waals surface area contributed by atoms with E-state index in [4.69, 9.17) is 0 Å². The van der Waals surface area contributed by atoms with Gasteiger partial charge in [-0.2, -0.15) is 21.6 Å². The molecule has 1 aromatic carbocycles. The number of hydrogen-bond donors (Lipinski definition) is 0. The van der Waals surface area contributed by atoms with Crippen molar-refractivity contribution in [1.82, 2.24) is 13.7 Å². The quantitative estimate of drug-likeness (QED) is 0.320. The summed E-state index contributed by atoms with van der Waals surface area (Å²) in [5.41, 5.74) is -10.6. The molecule has 0 spiro atoms. The molecule has 9 nitrogen and oxygen atoms in total. The van der Waals surface area contributed by atoms with Crippen LogP contribution in [-0.4, -0.2) is 27.6 Å². The van der Waals surface area contributed by atoms with E-state index in [2.05, 4.69) is 4.18 Å². The van der Waals surface area contributed by atoms with Gasteiger partial charge in [0.1, 0.15) is 16.9 Å². The molecule has 0 radical (unpaired) electrons. The van der Waals surface area contributed by atoms with Crippen molar-refractivity contribution in [2.24, 2.45) is 14.1 Å². The van der Waals surface area contributed by atoms with E-state index in [0.717, 1.165) is 37.7 Å². The van der Waals surface area contributed by atoms with Crippen molar-refractivity contribution >= 4 is 21.2 Å². The normalized spacial score (nSPS) is 12.4. The highest BCUT2D eigenvalue weighted by Gasteiger charge is 2.49. The van der Waals surface area contributed by atoms with Crippen molar-refractivity contribution in [3.8, 4) is 11.4 Å². The molecule has 3 rings (SSSR count). The van der Waals surface area contributed by atoms with Crippen molar-refractivity contribution in [3.63, 3.8) is 0 Å². The molecule has 0 N–H and O–H groups in total. The van der Waals surface area contributed by atoms with Crippen LogP contribution in [0.3, 0.4) is 0 Å². The third-order valence-corrected chi connectivity index (χ3v) is 5.72. The fourth-order valence-corrected chi connectivity index (χ4v) is 3.65. The van der Waals surface area contributed by atoms with Gasteiger partial charge in [-0.25, -0.2) is 13.8 Å². The number of benzene rings is 1. The van der Waals surface area contributed by atoms with Gasteiger partial charge in [-0.3, -0.25) is 18.7 Å². The molecule has 172 valence electrons. The lowest BCUT2D eigenvalue weighted by Gasteiger charge is -2.19. The van der Waals surface area contributed by atoms with Gasteiger partial charge in [-0.15, -0.1) is 0 Å². The Morgan fingerprint density at radius 3 is 2.09 bits per heavy atom. The topological polar surface area (TPSA) is 109 Å². The second-order valence-electron chi connectivity index (χ2n) is 6.94. The summed E-state index contributed by atoms with van der Waals surface area (Å²) in [4.78, 5) is 38.3. The van der Waals surface area contributed by atoms with Gasteiger partial charge in [0, 0.05) is 14.1 Å². The van der Waals surface area contributed by atoms with Gasteiger partial charge in [0.05, 0.1) is 11.3 Å². The SMILES string of the molecule is Cc1ccc(-n2c(=O)n(C)c(=O)c3c(OS(=O)(=O)C(F)(F)F)c(C)c(=O)n(C)c32)c(F)c1. The van der Waals surface area contributed by atoms with E-state index >= 15 is 0 Å². The summed E-state index contributed by atoms with van der Waals surface area (Å²) in [6, 6.07) is 3.63. The minimum Gasteiger partial charge on any atom is -0.375 e. The summed E-state index contributed by atoms with van der Waals surface area (Å²) in [5.74, 6) is -2.15. The van der Waals surface area contributed by atoms with Gasteiger partial charge in [-0.05, 0) is 31.5 Å². The van der Waals surface area contributed by atoms with Gasteiger partial charge in [0.25, 0.3) is 11.1 Å². The van der Waals surface area contributed by atoms with Crippen LogP contribution in [0.5, 0.6) is 5.75 Å². The summed E-state index contributed by atoms with van der Waals surface area (Å²) >= 11 is 0. The Kier molecular flexibility index (Phi) is 5.32. The van der Waals surface area contributed by atoms with Gasteiger partial charge >= 0.3 is 21.3 Å². The maximum absolute atomic E-state index is 14.7. The van der Waals surface area contributed by atoms with Gasteiger partial charge < -0.3 is 4.18 Å². The van der Waals surface area contributed by atoms with Crippen molar-refractivity contribution in [2.45, 2.75) is 19.4 Å². The second kappa shape index (κ2) is 7.32. The first kappa shape index (κ1) is 23.2. The number of nitrogens with zero attached hydrogens (tertiary/aromatic N) is 3. The predicted molar refractivity (Wildman–Crippen MR) is 105 cm³/mol. The Balaban J connectivity index is 2.64. The molecule has 0 aliphatic carbocycles. The molecule has 0 atom stereocenters. The van der Waals surface area contributed by atoms with Crippen LogP contribution in [0.4, 0.5) is 17.6 Å². The fraction of sp³-hybridized carbons (Fsp3) is 0.278. The number of fused-ring (bicyclic) bond motifs is 1. The smallest absolute Gasteiger partial charge is 0.375 e. The molecule has 0 saturated carbocycles. The first-order valence-corrected chi connectivity index (χ1v) is 10.1. The summed E-state index contributed by atoms with van der Waals surface area (Å²) < 4.78 is 82.6. The van der Waals surface area contributed by atoms with Crippen LogP contribution < -0.4 is 21.0 Å². The molecule has 3 aromatic rings. The van der Waals surface area contributed by atoms with Crippen LogP contribution in [0.15, 0.2) is 32.6 Å². The molecule has 0 unspecified atom stereocenters. The van der Waals surface area contributed by atoms with Crippen LogP contribution in [0.25, 0.3) is 16.7 Å². The molecule has 32 heavy (non-hydrogen) atoms. The number of hydrogen-bond acceptors (Lipinski definition) is 6. The molecule has 0 saturated heterocycles. The van der Waals surface area contributed by atoms with E-state index in [9.17, 15) is 40.4 Å². The van der Waals surface area contributed by atoms with Crippen LogP contribution in [0, 0.1) is 19.7 Å². The van der Waals surface area contributed by atoms with E-state index in [0.29, 0.717) is 14.7 Å². The maximum atomic E-state index is 14.7. The monoisotopic (exact) mass is 477 g/mol. The molecule has 0 aliphatic rings. The Labute approximate surface area is 176 Å². The van der Waals surface area contributed by atoms with Crippen LogP contribution in [0.1, 0.15) is 11.1 Å². The zero-order valence-corrected chi connectivity index (χ0v) is 17.8. The van der Waals surface area contributed by atoms with Crippen molar-refractivity contribution in [3.05, 3.63) is 66.3 Å². The Bertz CT molecular complexity index is 1570. The third-order valence-electron chi connectivity index (χ3n) is 4.76. The minimum atomic E-state index is -6.28. The number of pyridine rings is 1. The summed E-state index contributed by atoms with van der Waals surface area (Å²) in [5, 5.41) is -0.834. The molecule has 14 heteroatoms. The van der Waals surface area contributed by atoms with Crippen LogP contribution in [-0.2, 0) is 24.2 Å². The molecule has 2 heterocycles. The number of halogens is 4. The van der Waals surface area contributed by atoms with E-state index in [1.165, 1.54) is 6.07 Å². The fourth-order valence-electron chi connectivity index (χ4n) is 3.12. The Hall–Kier alpha value is -3.42. The van der Waals surface area contributed by atoms with Crippen molar-refractivity contribution in [2.75, 3.05) is 0 Å². The average molecular weight is 477 g/mol. The standard InChI is InChI=1S/C18H15F4N3O6S/c1-8-5-6-11(10(19)7-8)25-14-12(16(27)24(4)17(25)28)13(9(2)15(26)23(14)3)31-32(29,30)18(20,21)22/h5-7H,1-4H3. The molecule has 0 fully saturated rings. The highest BCUT2D eigenvalue weighted by molar-refractivity contribution is 7.88. The number of alkyl halides is 3. The maximum Gasteiger partial charge on any atom is 0.534 e. The lowest BCUT2D eigenvalue weighted by Crippen LogP contribution is -2.41. The first-order valence-electron chi connectivity index (χ1n) is 8.72. The van der Waals surface area contributed by atoms with E-state index in [1.807, 2.05) is 0 Å². The van der Waals surface area contributed by atoms with Crippen molar-refractivity contribution < 1.29 is 30.2 Å².